The van der Waals surface area contributed by atoms with Crippen LogP contribution in [0, 0.1) is 0 Å². The molecule has 0 spiro atoms. The molecule has 0 aliphatic carbocycles. The minimum absolute atomic E-state index is 0.0592. The van der Waals surface area contributed by atoms with Gasteiger partial charge in [0.05, 0.1) is 6.54 Å². The fourth-order valence-corrected chi connectivity index (χ4v) is 2.10. The summed E-state index contributed by atoms with van der Waals surface area (Å²) in [7, 11) is 0. The van der Waals surface area contributed by atoms with Crippen LogP contribution >= 0.6 is 0 Å². The number of piperidine rings is 1. The second kappa shape index (κ2) is 5.84. The van der Waals surface area contributed by atoms with Gasteiger partial charge in [0.25, 0.3) is 0 Å². The maximum Gasteiger partial charge on any atom is 0.238 e. The Bertz CT molecular complexity index is 414. The summed E-state index contributed by atoms with van der Waals surface area (Å²) < 4.78 is 0. The lowest BCUT2D eigenvalue weighted by Gasteiger charge is -2.29. The lowest BCUT2D eigenvalue weighted by atomic mass is 10.1. The Balaban J connectivity index is 1.82. The van der Waals surface area contributed by atoms with Crippen molar-refractivity contribution in [2.45, 2.75) is 18.9 Å². The molecule has 18 heavy (non-hydrogen) atoms. The summed E-state index contributed by atoms with van der Waals surface area (Å²) in [6.07, 6.45) is 1.89. The van der Waals surface area contributed by atoms with Crippen LogP contribution in [0.25, 0.3) is 0 Å². The molecule has 0 unspecified atom stereocenters. The number of aromatic hydroxyl groups is 1. The van der Waals surface area contributed by atoms with Gasteiger partial charge in [0, 0.05) is 30.9 Å². The highest BCUT2D eigenvalue weighted by Gasteiger charge is 2.18. The van der Waals surface area contributed by atoms with E-state index in [1.807, 2.05) is 0 Å². The number of hydrogen-bond acceptors (Lipinski definition) is 4. The molecule has 1 aromatic rings. The van der Waals surface area contributed by atoms with E-state index >= 15 is 0 Å². The third-order valence-corrected chi connectivity index (χ3v) is 3.13. The number of carbonyl (C=O) groups excluding carboxylic acids is 1. The summed E-state index contributed by atoms with van der Waals surface area (Å²) in [5, 5.41) is 12.1. The van der Waals surface area contributed by atoms with E-state index in [9.17, 15) is 9.90 Å². The van der Waals surface area contributed by atoms with Crippen molar-refractivity contribution in [3.8, 4) is 5.75 Å². The van der Waals surface area contributed by atoms with Crippen LogP contribution in [0.1, 0.15) is 12.8 Å². The SMILES string of the molecule is NC1CCN(CC(=O)Nc2cccc(O)c2)CC1. The number of anilines is 1. The summed E-state index contributed by atoms with van der Waals surface area (Å²) in [5.74, 6) is 0.0906. The molecular weight excluding hydrogens is 230 g/mol. The summed E-state index contributed by atoms with van der Waals surface area (Å²) in [4.78, 5) is 13.9. The van der Waals surface area contributed by atoms with E-state index in [-0.39, 0.29) is 17.7 Å². The number of likely N-dealkylation sites (tertiary alicyclic amines) is 1. The minimum Gasteiger partial charge on any atom is -0.508 e. The highest BCUT2D eigenvalue weighted by molar-refractivity contribution is 5.92. The fraction of sp³-hybridized carbons (Fsp3) is 0.462. The molecule has 0 saturated carbocycles. The first kappa shape index (κ1) is 12.9. The number of hydrogen-bond donors (Lipinski definition) is 3. The Kier molecular flexibility index (Phi) is 4.17. The van der Waals surface area contributed by atoms with E-state index in [1.54, 1.807) is 18.2 Å². The fourth-order valence-electron chi connectivity index (χ4n) is 2.10. The number of benzene rings is 1. The number of amides is 1. The summed E-state index contributed by atoms with van der Waals surface area (Å²) in [5.41, 5.74) is 6.43. The Morgan fingerprint density at radius 3 is 2.83 bits per heavy atom. The molecule has 2 rings (SSSR count). The maximum atomic E-state index is 11.8. The zero-order chi connectivity index (χ0) is 13.0. The van der Waals surface area contributed by atoms with Gasteiger partial charge in [0.15, 0.2) is 0 Å². The molecule has 0 aromatic heterocycles. The van der Waals surface area contributed by atoms with Gasteiger partial charge in [-0.1, -0.05) is 6.07 Å². The van der Waals surface area contributed by atoms with Gasteiger partial charge in [-0.25, -0.2) is 0 Å². The van der Waals surface area contributed by atoms with Gasteiger partial charge in [-0.05, 0) is 25.0 Å². The second-order valence-electron chi connectivity index (χ2n) is 4.71. The summed E-state index contributed by atoms with van der Waals surface area (Å²) in [6.45, 7) is 2.12. The first-order valence-corrected chi connectivity index (χ1v) is 6.20. The first-order valence-electron chi connectivity index (χ1n) is 6.20. The van der Waals surface area contributed by atoms with Crippen molar-refractivity contribution in [2.24, 2.45) is 5.73 Å². The molecule has 0 radical (unpaired) electrons. The number of nitrogens with two attached hydrogens (primary N) is 1. The van der Waals surface area contributed by atoms with Gasteiger partial charge < -0.3 is 16.2 Å². The topological polar surface area (TPSA) is 78.6 Å². The number of rotatable bonds is 3. The molecule has 1 fully saturated rings. The zero-order valence-electron chi connectivity index (χ0n) is 10.3. The predicted octanol–water partition coefficient (Wildman–Crippen LogP) is 0.754. The van der Waals surface area contributed by atoms with Crippen molar-refractivity contribution in [3.63, 3.8) is 0 Å². The first-order chi connectivity index (χ1) is 8.63. The normalized spacial score (nSPS) is 17.6. The van der Waals surface area contributed by atoms with E-state index in [0.29, 0.717) is 12.2 Å². The van der Waals surface area contributed by atoms with Gasteiger partial charge in [-0.3, -0.25) is 9.69 Å². The van der Waals surface area contributed by atoms with Crippen molar-refractivity contribution in [1.29, 1.82) is 0 Å². The smallest absolute Gasteiger partial charge is 0.238 e. The Hall–Kier alpha value is -1.59. The number of phenolic OH excluding ortho intramolecular Hbond substituents is 1. The van der Waals surface area contributed by atoms with E-state index in [0.717, 1.165) is 25.9 Å². The maximum absolute atomic E-state index is 11.8. The molecule has 5 heteroatoms. The van der Waals surface area contributed by atoms with E-state index in [4.69, 9.17) is 5.73 Å². The minimum atomic E-state index is -0.0592. The highest BCUT2D eigenvalue weighted by Crippen LogP contribution is 2.15. The van der Waals surface area contributed by atoms with Crippen LogP contribution in [0.2, 0.25) is 0 Å². The highest BCUT2D eigenvalue weighted by atomic mass is 16.3. The van der Waals surface area contributed by atoms with Crippen LogP contribution in [0.4, 0.5) is 5.69 Å². The van der Waals surface area contributed by atoms with Crippen molar-refractivity contribution >= 4 is 11.6 Å². The molecular formula is C13H19N3O2. The average molecular weight is 249 g/mol. The van der Waals surface area contributed by atoms with Crippen LogP contribution in [-0.4, -0.2) is 41.6 Å². The summed E-state index contributed by atoms with van der Waals surface area (Å²) >= 11 is 0. The molecule has 1 saturated heterocycles. The van der Waals surface area contributed by atoms with E-state index in [1.165, 1.54) is 6.07 Å². The van der Waals surface area contributed by atoms with Crippen molar-refractivity contribution in [3.05, 3.63) is 24.3 Å². The number of phenols is 1. The molecule has 1 aliphatic heterocycles. The van der Waals surface area contributed by atoms with Crippen LogP contribution in [0.3, 0.4) is 0 Å². The molecule has 5 nitrogen and oxygen atoms in total. The predicted molar refractivity (Wildman–Crippen MR) is 70.4 cm³/mol. The van der Waals surface area contributed by atoms with Gasteiger partial charge >= 0.3 is 0 Å². The van der Waals surface area contributed by atoms with E-state index in [2.05, 4.69) is 10.2 Å². The lowest BCUT2D eigenvalue weighted by Crippen LogP contribution is -2.43. The number of nitrogens with one attached hydrogen (secondary N) is 1. The number of nitrogens with zero attached hydrogens (tertiary/aromatic N) is 1. The van der Waals surface area contributed by atoms with E-state index < -0.39 is 0 Å². The van der Waals surface area contributed by atoms with Crippen molar-refractivity contribution < 1.29 is 9.90 Å². The Morgan fingerprint density at radius 1 is 1.44 bits per heavy atom. The zero-order valence-corrected chi connectivity index (χ0v) is 10.3. The van der Waals surface area contributed by atoms with Crippen LogP contribution < -0.4 is 11.1 Å². The van der Waals surface area contributed by atoms with Crippen LogP contribution in [0.15, 0.2) is 24.3 Å². The quantitative estimate of drug-likeness (QED) is 0.738. The molecule has 1 amide bonds. The standard InChI is InChI=1S/C13H19N3O2/c14-10-4-6-16(7-5-10)9-13(18)15-11-2-1-3-12(17)8-11/h1-3,8,10,17H,4-7,9,14H2,(H,15,18). The molecule has 0 bridgehead atoms. The van der Waals surface area contributed by atoms with Crippen LogP contribution in [-0.2, 0) is 4.79 Å². The van der Waals surface area contributed by atoms with Gasteiger partial charge in [0.2, 0.25) is 5.91 Å². The molecule has 1 aliphatic rings. The third-order valence-electron chi connectivity index (χ3n) is 3.13. The van der Waals surface area contributed by atoms with Gasteiger partial charge in [0.1, 0.15) is 5.75 Å². The molecule has 4 N–H and O–H groups in total. The monoisotopic (exact) mass is 249 g/mol. The Labute approximate surface area is 107 Å². The van der Waals surface area contributed by atoms with Gasteiger partial charge in [-0.2, -0.15) is 0 Å². The largest absolute Gasteiger partial charge is 0.508 e. The molecule has 1 aromatic carbocycles. The van der Waals surface area contributed by atoms with Crippen molar-refractivity contribution in [2.75, 3.05) is 25.0 Å². The third kappa shape index (κ3) is 3.72. The second-order valence-corrected chi connectivity index (χ2v) is 4.71. The Morgan fingerprint density at radius 2 is 2.17 bits per heavy atom. The number of carbonyl (C=O) groups is 1. The lowest BCUT2D eigenvalue weighted by molar-refractivity contribution is -0.117. The molecule has 1 heterocycles. The van der Waals surface area contributed by atoms with Gasteiger partial charge in [-0.15, -0.1) is 0 Å². The summed E-state index contributed by atoms with van der Waals surface area (Å²) in [6, 6.07) is 6.83. The van der Waals surface area contributed by atoms with Crippen molar-refractivity contribution in [1.82, 2.24) is 4.90 Å². The molecule has 98 valence electrons. The van der Waals surface area contributed by atoms with Crippen LogP contribution in [0.5, 0.6) is 5.75 Å². The molecule has 0 atom stereocenters. The average Bonchev–Trinajstić information content (AvgIpc) is 2.32.